The third-order valence-electron chi connectivity index (χ3n) is 7.59. The SMILES string of the molecule is COC(=O)c1cc(OCc2ccccc2)c(F)cc1N(C(=O)C1CCC(C)CC1)C1CCC(O)CC1. The van der Waals surface area contributed by atoms with Crippen LogP contribution in [0.15, 0.2) is 42.5 Å². The van der Waals surface area contributed by atoms with Gasteiger partial charge in [-0.2, -0.15) is 0 Å². The number of hydrogen-bond donors (Lipinski definition) is 1. The minimum Gasteiger partial charge on any atom is -0.486 e. The van der Waals surface area contributed by atoms with E-state index in [0.29, 0.717) is 31.6 Å². The van der Waals surface area contributed by atoms with Crippen molar-refractivity contribution in [3.8, 4) is 5.75 Å². The molecule has 7 heteroatoms. The van der Waals surface area contributed by atoms with Crippen LogP contribution < -0.4 is 9.64 Å². The van der Waals surface area contributed by atoms with Crippen LogP contribution in [0.1, 0.15) is 74.2 Å². The third-order valence-corrected chi connectivity index (χ3v) is 7.59. The van der Waals surface area contributed by atoms with Gasteiger partial charge in [0.25, 0.3) is 0 Å². The molecule has 2 saturated carbocycles. The van der Waals surface area contributed by atoms with Gasteiger partial charge in [0.05, 0.1) is 24.5 Å². The molecule has 0 spiro atoms. The van der Waals surface area contributed by atoms with E-state index in [4.69, 9.17) is 9.47 Å². The number of amides is 1. The van der Waals surface area contributed by atoms with Crippen LogP contribution in [0, 0.1) is 17.7 Å². The molecule has 2 aromatic rings. The van der Waals surface area contributed by atoms with Crippen LogP contribution in [0.2, 0.25) is 0 Å². The molecule has 1 amide bonds. The maximum absolute atomic E-state index is 15.4. The zero-order valence-electron chi connectivity index (χ0n) is 21.1. The fourth-order valence-corrected chi connectivity index (χ4v) is 5.38. The molecular formula is C29H36FNO5. The summed E-state index contributed by atoms with van der Waals surface area (Å²) in [5.41, 5.74) is 1.19. The number of esters is 1. The van der Waals surface area contributed by atoms with Crippen LogP contribution in [-0.2, 0) is 16.1 Å². The van der Waals surface area contributed by atoms with Gasteiger partial charge in [0.2, 0.25) is 5.91 Å². The predicted octanol–water partition coefficient (Wildman–Crippen LogP) is 5.65. The van der Waals surface area contributed by atoms with Crippen molar-refractivity contribution in [1.29, 1.82) is 0 Å². The summed E-state index contributed by atoms with van der Waals surface area (Å²) in [6.07, 6.45) is 5.39. The van der Waals surface area contributed by atoms with Crippen LogP contribution in [0.4, 0.5) is 10.1 Å². The van der Waals surface area contributed by atoms with E-state index in [1.54, 1.807) is 4.90 Å². The van der Waals surface area contributed by atoms with Crippen LogP contribution in [0.3, 0.4) is 0 Å². The van der Waals surface area contributed by atoms with Gasteiger partial charge in [-0.05, 0) is 68.9 Å². The van der Waals surface area contributed by atoms with Crippen LogP contribution >= 0.6 is 0 Å². The Bertz CT molecular complexity index is 1040. The summed E-state index contributed by atoms with van der Waals surface area (Å²) >= 11 is 0. The molecule has 0 atom stereocenters. The van der Waals surface area contributed by atoms with E-state index in [9.17, 15) is 14.7 Å². The molecule has 0 aliphatic heterocycles. The van der Waals surface area contributed by atoms with Gasteiger partial charge in [-0.15, -0.1) is 0 Å². The molecule has 1 N–H and O–H groups in total. The maximum Gasteiger partial charge on any atom is 0.340 e. The van der Waals surface area contributed by atoms with E-state index in [1.807, 2.05) is 30.3 Å². The predicted molar refractivity (Wildman–Crippen MR) is 135 cm³/mol. The smallest absolute Gasteiger partial charge is 0.340 e. The second-order valence-corrected chi connectivity index (χ2v) is 10.2. The first-order chi connectivity index (χ1) is 17.4. The number of carbonyl (C=O) groups is 2. The summed E-state index contributed by atoms with van der Waals surface area (Å²) in [4.78, 5) is 28.4. The highest BCUT2D eigenvalue weighted by atomic mass is 19.1. The van der Waals surface area contributed by atoms with Gasteiger partial charge >= 0.3 is 5.97 Å². The fraction of sp³-hybridized carbons (Fsp3) is 0.517. The van der Waals surface area contributed by atoms with Crippen molar-refractivity contribution in [2.24, 2.45) is 11.8 Å². The van der Waals surface area contributed by atoms with E-state index < -0.39 is 17.9 Å². The van der Waals surface area contributed by atoms with Gasteiger partial charge in [-0.1, -0.05) is 37.3 Å². The van der Waals surface area contributed by atoms with Crippen LogP contribution in [0.25, 0.3) is 0 Å². The van der Waals surface area contributed by atoms with E-state index in [0.717, 1.165) is 31.2 Å². The van der Waals surface area contributed by atoms with E-state index in [-0.39, 0.29) is 41.5 Å². The van der Waals surface area contributed by atoms with Crippen molar-refractivity contribution in [1.82, 2.24) is 0 Å². The number of rotatable bonds is 7. The van der Waals surface area contributed by atoms with E-state index in [1.165, 1.54) is 19.2 Å². The monoisotopic (exact) mass is 497 g/mol. The summed E-state index contributed by atoms with van der Waals surface area (Å²) in [6.45, 7) is 2.33. The Labute approximate surface area is 212 Å². The number of aliphatic hydroxyl groups excluding tert-OH is 1. The Morgan fingerprint density at radius 3 is 2.31 bits per heavy atom. The first kappa shape index (κ1) is 26.1. The lowest BCUT2D eigenvalue weighted by atomic mass is 9.81. The first-order valence-corrected chi connectivity index (χ1v) is 13.0. The molecule has 6 nitrogen and oxygen atoms in total. The van der Waals surface area contributed by atoms with E-state index in [2.05, 4.69) is 6.92 Å². The molecule has 0 unspecified atom stereocenters. The summed E-state index contributed by atoms with van der Waals surface area (Å²) in [5, 5.41) is 10.1. The molecule has 2 fully saturated rings. The number of aliphatic hydroxyl groups is 1. The summed E-state index contributed by atoms with van der Waals surface area (Å²) in [6, 6.07) is 11.7. The van der Waals surface area contributed by atoms with Gasteiger partial charge in [0, 0.05) is 18.0 Å². The molecule has 0 bridgehead atoms. The molecule has 0 radical (unpaired) electrons. The van der Waals surface area contributed by atoms with Crippen molar-refractivity contribution in [3.05, 3.63) is 59.4 Å². The van der Waals surface area contributed by atoms with Gasteiger partial charge < -0.3 is 19.5 Å². The Hall–Kier alpha value is -2.93. The quantitative estimate of drug-likeness (QED) is 0.500. The first-order valence-electron chi connectivity index (χ1n) is 13.0. The number of methoxy groups -OCH3 is 1. The normalized spacial score (nSPS) is 24.1. The number of carbonyl (C=O) groups excluding carboxylic acids is 2. The molecule has 194 valence electrons. The van der Waals surface area contributed by atoms with Gasteiger partial charge in [-0.3, -0.25) is 4.79 Å². The lowest BCUT2D eigenvalue weighted by Gasteiger charge is -2.39. The summed E-state index contributed by atoms with van der Waals surface area (Å²) in [5.74, 6) is -1.03. The van der Waals surface area contributed by atoms with Crippen molar-refractivity contribution < 1.29 is 28.6 Å². The van der Waals surface area contributed by atoms with Gasteiger partial charge in [0.1, 0.15) is 6.61 Å². The summed E-state index contributed by atoms with van der Waals surface area (Å²) in [7, 11) is 1.27. The van der Waals surface area contributed by atoms with Crippen molar-refractivity contribution in [2.45, 2.75) is 77.0 Å². The zero-order chi connectivity index (χ0) is 25.7. The molecule has 36 heavy (non-hydrogen) atoms. The Morgan fingerprint density at radius 2 is 1.67 bits per heavy atom. The second kappa shape index (κ2) is 11.9. The average molecular weight is 498 g/mol. The van der Waals surface area contributed by atoms with Crippen molar-refractivity contribution >= 4 is 17.6 Å². The molecule has 2 aromatic carbocycles. The Kier molecular flexibility index (Phi) is 8.62. The zero-order valence-corrected chi connectivity index (χ0v) is 21.1. The standard InChI is InChI=1S/C29H36FNO5/c1-19-8-10-21(11-9-19)28(33)31(22-12-14-23(32)15-13-22)26-17-25(30)27(16-24(26)29(34)35-2)36-18-20-6-4-3-5-7-20/h3-7,16-17,19,21-23,32H,8-15,18H2,1-2H3. The maximum atomic E-state index is 15.4. The molecule has 0 aromatic heterocycles. The lowest BCUT2D eigenvalue weighted by Crippen LogP contribution is -2.47. The molecular weight excluding hydrogens is 461 g/mol. The number of anilines is 1. The second-order valence-electron chi connectivity index (χ2n) is 10.2. The highest BCUT2D eigenvalue weighted by molar-refractivity contribution is 6.04. The number of benzene rings is 2. The minimum absolute atomic E-state index is 0.0686. The number of ether oxygens (including phenoxy) is 2. The van der Waals surface area contributed by atoms with Gasteiger partial charge in [-0.25, -0.2) is 9.18 Å². The fourth-order valence-electron chi connectivity index (χ4n) is 5.38. The topological polar surface area (TPSA) is 76.1 Å². The Balaban J connectivity index is 1.70. The minimum atomic E-state index is -0.652. The van der Waals surface area contributed by atoms with Crippen molar-refractivity contribution in [2.75, 3.05) is 12.0 Å². The molecule has 0 saturated heterocycles. The molecule has 2 aliphatic rings. The van der Waals surface area contributed by atoms with Crippen LogP contribution in [0.5, 0.6) is 5.75 Å². The molecule has 2 aliphatic carbocycles. The molecule has 4 rings (SSSR count). The van der Waals surface area contributed by atoms with E-state index >= 15 is 4.39 Å². The lowest BCUT2D eigenvalue weighted by molar-refractivity contribution is -0.124. The largest absolute Gasteiger partial charge is 0.486 e. The average Bonchev–Trinajstić information content (AvgIpc) is 2.90. The number of hydrogen-bond acceptors (Lipinski definition) is 5. The molecule has 0 heterocycles. The Morgan fingerprint density at radius 1 is 1.00 bits per heavy atom. The third kappa shape index (κ3) is 6.06. The highest BCUT2D eigenvalue weighted by Gasteiger charge is 2.37. The number of nitrogens with zero attached hydrogens (tertiary/aromatic N) is 1. The summed E-state index contributed by atoms with van der Waals surface area (Å²) < 4.78 is 26.1. The highest BCUT2D eigenvalue weighted by Crippen LogP contribution is 2.38. The number of halogens is 1. The van der Waals surface area contributed by atoms with Crippen LogP contribution in [-0.4, -0.2) is 36.2 Å². The van der Waals surface area contributed by atoms with Crippen molar-refractivity contribution in [3.63, 3.8) is 0 Å². The van der Waals surface area contributed by atoms with Gasteiger partial charge in [0.15, 0.2) is 11.6 Å².